The summed E-state index contributed by atoms with van der Waals surface area (Å²) in [5.74, 6) is -0.0647. The van der Waals surface area contributed by atoms with E-state index < -0.39 is 0 Å². The summed E-state index contributed by atoms with van der Waals surface area (Å²) in [5, 5.41) is 3.39. The fraction of sp³-hybridized carbons (Fsp3) is 0.562. The van der Waals surface area contributed by atoms with Gasteiger partial charge in [-0.2, -0.15) is 0 Å². The summed E-state index contributed by atoms with van der Waals surface area (Å²) in [4.78, 5) is 13.8. The number of hydrogen-bond donors (Lipinski definition) is 1. The quantitative estimate of drug-likeness (QED) is 0.906. The van der Waals surface area contributed by atoms with Crippen molar-refractivity contribution in [3.8, 4) is 0 Å². The van der Waals surface area contributed by atoms with Crippen molar-refractivity contribution in [1.29, 1.82) is 0 Å². The number of amides is 1. The third-order valence-electron chi connectivity index (χ3n) is 4.58. The third-order valence-corrected chi connectivity index (χ3v) is 4.58. The van der Waals surface area contributed by atoms with Gasteiger partial charge in [-0.3, -0.25) is 4.79 Å². The fourth-order valence-corrected chi connectivity index (χ4v) is 3.25. The largest absolute Gasteiger partial charge is 0.363 e. The first-order valence-electron chi connectivity index (χ1n) is 7.49. The molecule has 2 aliphatic heterocycles. The number of rotatable bonds is 2. The van der Waals surface area contributed by atoms with E-state index in [0.29, 0.717) is 18.2 Å². The van der Waals surface area contributed by atoms with Crippen LogP contribution in [0.2, 0.25) is 0 Å². The Labute approximate surface area is 124 Å². The van der Waals surface area contributed by atoms with E-state index in [1.54, 1.807) is 17.0 Å². The molecule has 2 aliphatic rings. The molecular weight excluding hydrogens is 271 g/mol. The van der Waals surface area contributed by atoms with Crippen LogP contribution in [0.5, 0.6) is 0 Å². The van der Waals surface area contributed by atoms with E-state index in [4.69, 9.17) is 4.74 Å². The summed E-state index contributed by atoms with van der Waals surface area (Å²) in [6.45, 7) is 4.54. The third kappa shape index (κ3) is 2.94. The minimum Gasteiger partial charge on any atom is -0.363 e. The summed E-state index contributed by atoms with van der Waals surface area (Å²) in [6.07, 6.45) is 2.21. The van der Waals surface area contributed by atoms with E-state index in [9.17, 15) is 9.18 Å². The van der Waals surface area contributed by atoms with Gasteiger partial charge in [-0.15, -0.1) is 0 Å². The predicted octanol–water partition coefficient (Wildman–Crippen LogP) is 1.95. The first-order valence-corrected chi connectivity index (χ1v) is 7.49. The number of carbonyl (C=O) groups excluding carboxylic acids is 1. The number of nitrogens with one attached hydrogen (secondary N) is 1. The molecule has 1 amide bonds. The lowest BCUT2D eigenvalue weighted by atomic mass is 9.82. The highest BCUT2D eigenvalue weighted by Crippen LogP contribution is 2.33. The normalized spacial score (nSPS) is 30.5. The molecule has 0 aromatic heterocycles. The van der Waals surface area contributed by atoms with Crippen LogP contribution in [-0.2, 0) is 9.53 Å². The Morgan fingerprint density at radius 3 is 3.05 bits per heavy atom. The molecule has 2 fully saturated rings. The zero-order chi connectivity index (χ0) is 14.9. The molecule has 21 heavy (non-hydrogen) atoms. The number of morpholine rings is 1. The molecule has 0 saturated carbocycles. The molecule has 0 aliphatic carbocycles. The van der Waals surface area contributed by atoms with Gasteiger partial charge in [-0.1, -0.05) is 6.07 Å². The first kappa shape index (κ1) is 14.5. The summed E-state index contributed by atoms with van der Waals surface area (Å²) in [7, 11) is 0. The van der Waals surface area contributed by atoms with Crippen molar-refractivity contribution in [1.82, 2.24) is 5.32 Å². The molecular formula is C16H21FN2O2. The van der Waals surface area contributed by atoms with Crippen molar-refractivity contribution in [3.63, 3.8) is 0 Å². The second-order valence-corrected chi connectivity index (χ2v) is 6.10. The number of ether oxygens (including phenoxy) is 1. The zero-order valence-corrected chi connectivity index (χ0v) is 12.3. The van der Waals surface area contributed by atoms with Crippen molar-refractivity contribution < 1.29 is 13.9 Å². The maximum atomic E-state index is 13.4. The summed E-state index contributed by atoms with van der Waals surface area (Å²) in [5.41, 5.74) is 0.228. The molecule has 0 spiro atoms. The van der Waals surface area contributed by atoms with Crippen LogP contribution < -0.4 is 10.2 Å². The van der Waals surface area contributed by atoms with Gasteiger partial charge in [0.1, 0.15) is 12.4 Å². The molecule has 2 heterocycles. The molecule has 3 rings (SSSR count). The zero-order valence-electron chi connectivity index (χ0n) is 12.3. The van der Waals surface area contributed by atoms with Crippen molar-refractivity contribution in [3.05, 3.63) is 30.1 Å². The molecule has 2 unspecified atom stereocenters. The van der Waals surface area contributed by atoms with E-state index >= 15 is 0 Å². The predicted molar refractivity (Wildman–Crippen MR) is 78.7 cm³/mol. The van der Waals surface area contributed by atoms with Gasteiger partial charge < -0.3 is 15.0 Å². The summed E-state index contributed by atoms with van der Waals surface area (Å²) in [6, 6.07) is 6.19. The highest BCUT2D eigenvalue weighted by molar-refractivity contribution is 5.95. The van der Waals surface area contributed by atoms with Gasteiger partial charge in [0.2, 0.25) is 0 Å². The van der Waals surface area contributed by atoms with Crippen LogP contribution in [0.15, 0.2) is 24.3 Å². The van der Waals surface area contributed by atoms with Gasteiger partial charge >= 0.3 is 0 Å². The lowest BCUT2D eigenvalue weighted by molar-refractivity contribution is -0.144. The van der Waals surface area contributed by atoms with Gasteiger partial charge in [0.15, 0.2) is 0 Å². The smallest absolute Gasteiger partial charge is 0.253 e. The number of hydrogen-bond acceptors (Lipinski definition) is 3. The Morgan fingerprint density at radius 2 is 2.33 bits per heavy atom. The second kappa shape index (κ2) is 5.73. The minimum atomic E-state index is -0.381. The van der Waals surface area contributed by atoms with Crippen LogP contribution in [0.3, 0.4) is 0 Å². The van der Waals surface area contributed by atoms with E-state index in [1.807, 2.05) is 0 Å². The molecule has 0 bridgehead atoms. The highest BCUT2D eigenvalue weighted by Gasteiger charge is 2.42. The maximum absolute atomic E-state index is 13.4. The molecule has 0 radical (unpaired) electrons. The van der Waals surface area contributed by atoms with Gasteiger partial charge in [0, 0.05) is 18.2 Å². The van der Waals surface area contributed by atoms with Gasteiger partial charge in [0.05, 0.1) is 12.1 Å². The van der Waals surface area contributed by atoms with E-state index in [0.717, 1.165) is 25.9 Å². The Kier molecular flexibility index (Phi) is 3.95. The molecule has 114 valence electrons. The lowest BCUT2D eigenvalue weighted by Gasteiger charge is -2.46. The van der Waals surface area contributed by atoms with Gasteiger partial charge in [-0.05, 0) is 44.5 Å². The van der Waals surface area contributed by atoms with E-state index in [2.05, 4.69) is 12.2 Å². The Balaban J connectivity index is 1.82. The number of nitrogens with zero attached hydrogens (tertiary/aromatic N) is 1. The Hall–Kier alpha value is -1.46. The topological polar surface area (TPSA) is 41.6 Å². The van der Waals surface area contributed by atoms with Crippen LogP contribution in [-0.4, -0.2) is 37.7 Å². The number of carbonyl (C=O) groups is 1. The minimum absolute atomic E-state index is 0.0590. The standard InChI is InChI=1S/C16H21FN2O2/c1-16(12-4-3-7-18-9-12)11-19(15(20)10-21-16)14-6-2-5-13(17)8-14/h2,5-6,8,12,18H,3-4,7,9-11H2,1H3. The van der Waals surface area contributed by atoms with Crippen LogP contribution in [0.1, 0.15) is 19.8 Å². The number of halogens is 1. The number of anilines is 1. The molecule has 4 nitrogen and oxygen atoms in total. The van der Waals surface area contributed by atoms with Crippen molar-refractivity contribution in [2.24, 2.45) is 5.92 Å². The number of piperidine rings is 1. The SMILES string of the molecule is CC1(C2CCCNC2)CN(c2cccc(F)c2)C(=O)CO1. The van der Waals surface area contributed by atoms with Crippen LogP contribution in [0.25, 0.3) is 0 Å². The van der Waals surface area contributed by atoms with Crippen molar-refractivity contribution in [2.45, 2.75) is 25.4 Å². The molecule has 1 aromatic rings. The summed E-state index contributed by atoms with van der Waals surface area (Å²) >= 11 is 0. The summed E-state index contributed by atoms with van der Waals surface area (Å²) < 4.78 is 19.3. The lowest BCUT2D eigenvalue weighted by Crippen LogP contribution is -2.59. The highest BCUT2D eigenvalue weighted by atomic mass is 19.1. The fourth-order valence-electron chi connectivity index (χ4n) is 3.25. The van der Waals surface area contributed by atoms with E-state index in [-0.39, 0.29) is 23.9 Å². The van der Waals surface area contributed by atoms with Crippen LogP contribution in [0, 0.1) is 11.7 Å². The first-order chi connectivity index (χ1) is 10.1. The molecule has 2 saturated heterocycles. The molecule has 1 N–H and O–H groups in total. The van der Waals surface area contributed by atoms with Crippen molar-refractivity contribution in [2.75, 3.05) is 31.1 Å². The molecule has 5 heteroatoms. The van der Waals surface area contributed by atoms with Crippen LogP contribution in [0.4, 0.5) is 10.1 Å². The van der Waals surface area contributed by atoms with Gasteiger partial charge in [-0.25, -0.2) is 4.39 Å². The van der Waals surface area contributed by atoms with Gasteiger partial charge in [0.25, 0.3) is 5.91 Å². The monoisotopic (exact) mass is 292 g/mol. The van der Waals surface area contributed by atoms with Crippen LogP contribution >= 0.6 is 0 Å². The average molecular weight is 292 g/mol. The Bertz CT molecular complexity index is 531. The second-order valence-electron chi connectivity index (χ2n) is 6.10. The van der Waals surface area contributed by atoms with Crippen molar-refractivity contribution >= 4 is 11.6 Å². The number of benzene rings is 1. The molecule has 1 aromatic carbocycles. The van der Waals surface area contributed by atoms with E-state index in [1.165, 1.54) is 12.1 Å². The maximum Gasteiger partial charge on any atom is 0.253 e. The molecule has 2 atom stereocenters. The average Bonchev–Trinajstić information content (AvgIpc) is 2.51. The Morgan fingerprint density at radius 1 is 1.48 bits per heavy atom.